The Labute approximate surface area is 249 Å². The molecule has 0 bridgehead atoms. The molecule has 4 rings (SSSR count). The zero-order valence-corrected chi connectivity index (χ0v) is 25.6. The van der Waals surface area contributed by atoms with Gasteiger partial charge in [0.05, 0.1) is 47.3 Å². The summed E-state index contributed by atoms with van der Waals surface area (Å²) in [6, 6.07) is 5.19. The van der Waals surface area contributed by atoms with Crippen LogP contribution in [-0.4, -0.2) is 115 Å². The summed E-state index contributed by atoms with van der Waals surface area (Å²) in [7, 11) is 8.02. The van der Waals surface area contributed by atoms with Crippen molar-refractivity contribution < 1.29 is 33.4 Å². The minimum Gasteiger partial charge on any atom is -0.493 e. The number of rotatable bonds is 15. The van der Waals surface area contributed by atoms with E-state index in [0.717, 1.165) is 41.5 Å². The Balaban J connectivity index is 1.61. The summed E-state index contributed by atoms with van der Waals surface area (Å²) in [5.41, 5.74) is 1.65. The van der Waals surface area contributed by atoms with Gasteiger partial charge >= 0.3 is 5.97 Å². The van der Waals surface area contributed by atoms with E-state index in [9.17, 15) is 14.7 Å². The van der Waals surface area contributed by atoms with Gasteiger partial charge in [0.15, 0.2) is 11.5 Å². The molecule has 11 heteroatoms. The van der Waals surface area contributed by atoms with E-state index in [-0.39, 0.29) is 31.2 Å². The molecule has 0 unspecified atom stereocenters. The number of aryl methyl sites for hydroxylation is 1. The van der Waals surface area contributed by atoms with E-state index in [1.54, 1.807) is 13.3 Å². The summed E-state index contributed by atoms with van der Waals surface area (Å²) >= 11 is 0. The predicted octanol–water partition coefficient (Wildman–Crippen LogP) is 3.04. The molecule has 0 saturated carbocycles. The Morgan fingerprint density at radius 2 is 1.98 bits per heavy atom. The second kappa shape index (κ2) is 14.2. The number of hydrogen-bond acceptors (Lipinski definition) is 8. The molecule has 3 atom stereocenters. The van der Waals surface area contributed by atoms with Gasteiger partial charge in [0.1, 0.15) is 6.33 Å². The van der Waals surface area contributed by atoms with Crippen LogP contribution in [0.2, 0.25) is 0 Å². The first-order valence-corrected chi connectivity index (χ1v) is 14.9. The molecule has 1 fully saturated rings. The number of nitrogens with zero attached hydrogens (tertiary/aromatic N) is 5. The van der Waals surface area contributed by atoms with Crippen molar-refractivity contribution in [3.63, 3.8) is 0 Å². The van der Waals surface area contributed by atoms with E-state index in [1.165, 1.54) is 6.33 Å². The highest BCUT2D eigenvalue weighted by atomic mass is 16.7. The number of benzene rings is 1. The van der Waals surface area contributed by atoms with Gasteiger partial charge in [-0.3, -0.25) is 14.5 Å². The third-order valence-electron chi connectivity index (χ3n) is 8.21. The van der Waals surface area contributed by atoms with Crippen molar-refractivity contribution in [1.29, 1.82) is 0 Å². The van der Waals surface area contributed by atoms with Gasteiger partial charge in [0, 0.05) is 49.9 Å². The van der Waals surface area contributed by atoms with Gasteiger partial charge in [0.25, 0.3) is 0 Å². The molecular formula is C31H46N5O6+. The lowest BCUT2D eigenvalue weighted by molar-refractivity contribution is -0.870. The number of unbranched alkanes of at least 4 members (excludes halogenated alkanes) is 1. The summed E-state index contributed by atoms with van der Waals surface area (Å²) in [6.07, 6.45) is 7.18. The van der Waals surface area contributed by atoms with Crippen molar-refractivity contribution in [3.05, 3.63) is 42.0 Å². The largest absolute Gasteiger partial charge is 0.493 e. The van der Waals surface area contributed by atoms with Gasteiger partial charge in [0.2, 0.25) is 18.4 Å². The standard InChI is InChI=1S/C31H45N5O6/c1-6-7-13-34(14-8-15-36(2,3)4)28(37)19-35-18-24(22-16-26(40-5)30-27(17-22)41-21-42-30)29(31(38)39)25(35)10-9-23-11-12-32-20-33-23/h11-12,16-17,20,24-25,29H,6-10,13-15,18-19,21H2,1-5H3/p+1/t24-,25+,29-/m1/s1. The number of aromatic nitrogens is 2. The molecule has 0 spiro atoms. The fraction of sp³-hybridized carbons (Fsp3) is 0.613. The maximum atomic E-state index is 13.8. The van der Waals surface area contributed by atoms with Crippen LogP contribution in [0.25, 0.3) is 0 Å². The van der Waals surface area contributed by atoms with E-state index in [1.807, 2.05) is 23.1 Å². The molecule has 0 aliphatic carbocycles. The summed E-state index contributed by atoms with van der Waals surface area (Å²) in [6.45, 7) is 5.18. The number of methoxy groups -OCH3 is 1. The first-order chi connectivity index (χ1) is 20.1. The lowest BCUT2D eigenvalue weighted by Crippen LogP contribution is -2.45. The average Bonchev–Trinajstić information content (AvgIpc) is 3.58. The number of quaternary nitrogens is 1. The predicted molar refractivity (Wildman–Crippen MR) is 158 cm³/mol. The molecule has 2 aromatic rings. The van der Waals surface area contributed by atoms with Crippen LogP contribution >= 0.6 is 0 Å². The van der Waals surface area contributed by atoms with E-state index < -0.39 is 11.9 Å². The lowest BCUT2D eigenvalue weighted by atomic mass is 9.83. The summed E-state index contributed by atoms with van der Waals surface area (Å²) in [5, 5.41) is 10.6. The van der Waals surface area contributed by atoms with Gasteiger partial charge in [-0.05, 0) is 43.0 Å². The van der Waals surface area contributed by atoms with Crippen LogP contribution in [0.5, 0.6) is 17.2 Å². The van der Waals surface area contributed by atoms with Gasteiger partial charge in [-0.2, -0.15) is 0 Å². The van der Waals surface area contributed by atoms with E-state index in [4.69, 9.17) is 14.2 Å². The van der Waals surface area contributed by atoms with E-state index >= 15 is 0 Å². The minimum absolute atomic E-state index is 0.0463. The van der Waals surface area contributed by atoms with Crippen LogP contribution in [0, 0.1) is 5.92 Å². The fourth-order valence-electron chi connectivity index (χ4n) is 6.04. The SMILES string of the molecule is CCCCN(CCC[N+](C)(C)C)C(=O)CN1C[C@H](c2cc(OC)c3c(c2)OCO3)[C@@H](C(=O)O)[C@@H]1CCc1ccncn1. The number of carboxylic acid groups (broad SMARTS) is 1. The molecule has 1 N–H and O–H groups in total. The van der Waals surface area contributed by atoms with Gasteiger partial charge in [-0.1, -0.05) is 13.3 Å². The second-order valence-electron chi connectivity index (χ2n) is 12.3. The highest BCUT2D eigenvalue weighted by molar-refractivity contribution is 5.79. The van der Waals surface area contributed by atoms with Crippen LogP contribution in [-0.2, 0) is 16.0 Å². The van der Waals surface area contributed by atoms with Crippen molar-refractivity contribution in [2.45, 2.75) is 51.0 Å². The first kappa shape index (κ1) is 31.5. The third kappa shape index (κ3) is 7.89. The molecule has 1 aromatic carbocycles. The van der Waals surface area contributed by atoms with Crippen LogP contribution in [0.1, 0.15) is 49.8 Å². The molecule has 42 heavy (non-hydrogen) atoms. The zero-order chi connectivity index (χ0) is 30.3. The molecular weight excluding hydrogens is 538 g/mol. The van der Waals surface area contributed by atoms with Crippen molar-refractivity contribution in [3.8, 4) is 17.2 Å². The van der Waals surface area contributed by atoms with Crippen molar-refractivity contribution in [2.24, 2.45) is 5.92 Å². The van der Waals surface area contributed by atoms with Gasteiger partial charge in [-0.25, -0.2) is 9.97 Å². The van der Waals surface area contributed by atoms with E-state index in [2.05, 4.69) is 42.9 Å². The Kier molecular flexibility index (Phi) is 10.6. The molecule has 1 aromatic heterocycles. The highest BCUT2D eigenvalue weighted by Gasteiger charge is 2.47. The van der Waals surface area contributed by atoms with Crippen molar-refractivity contribution in [2.75, 3.05) is 67.8 Å². The molecule has 2 aliphatic heterocycles. The maximum Gasteiger partial charge on any atom is 0.308 e. The molecule has 2 aliphatic rings. The topological polar surface area (TPSA) is 114 Å². The molecule has 11 nitrogen and oxygen atoms in total. The van der Waals surface area contributed by atoms with Crippen LogP contribution < -0.4 is 14.2 Å². The number of aliphatic carboxylic acids is 1. The lowest BCUT2D eigenvalue weighted by Gasteiger charge is -2.30. The smallest absolute Gasteiger partial charge is 0.308 e. The highest BCUT2D eigenvalue weighted by Crippen LogP contribution is 2.47. The summed E-state index contributed by atoms with van der Waals surface area (Å²) < 4.78 is 17.6. The third-order valence-corrected chi connectivity index (χ3v) is 8.21. The average molecular weight is 585 g/mol. The molecule has 3 heterocycles. The van der Waals surface area contributed by atoms with Crippen LogP contribution in [0.4, 0.5) is 0 Å². The number of fused-ring (bicyclic) bond motifs is 1. The van der Waals surface area contributed by atoms with Crippen molar-refractivity contribution in [1.82, 2.24) is 19.8 Å². The zero-order valence-electron chi connectivity index (χ0n) is 25.6. The normalized spacial score (nSPS) is 20.1. The Hall–Kier alpha value is -3.44. The number of likely N-dealkylation sites (tertiary alicyclic amines) is 1. The Morgan fingerprint density at radius 3 is 2.64 bits per heavy atom. The Bertz CT molecular complexity index is 1200. The number of carboxylic acids is 1. The van der Waals surface area contributed by atoms with Crippen LogP contribution in [0.3, 0.4) is 0 Å². The summed E-state index contributed by atoms with van der Waals surface area (Å²) in [5.74, 6) is -0.347. The van der Waals surface area contributed by atoms with Gasteiger partial charge in [-0.15, -0.1) is 0 Å². The molecule has 1 saturated heterocycles. The second-order valence-corrected chi connectivity index (χ2v) is 12.3. The number of ether oxygens (including phenoxy) is 3. The first-order valence-electron chi connectivity index (χ1n) is 14.9. The Morgan fingerprint density at radius 1 is 1.19 bits per heavy atom. The van der Waals surface area contributed by atoms with Crippen molar-refractivity contribution >= 4 is 11.9 Å². The quantitative estimate of drug-likeness (QED) is 0.316. The molecule has 0 radical (unpaired) electrons. The minimum atomic E-state index is -0.884. The molecule has 230 valence electrons. The van der Waals surface area contributed by atoms with E-state index in [0.29, 0.717) is 49.7 Å². The van der Waals surface area contributed by atoms with Gasteiger partial charge < -0.3 is 28.7 Å². The summed E-state index contributed by atoms with van der Waals surface area (Å²) in [4.78, 5) is 39.1. The number of carbonyl (C=O) groups is 2. The monoisotopic (exact) mass is 584 g/mol. The maximum absolute atomic E-state index is 13.8. The number of hydrogen-bond donors (Lipinski definition) is 1. The molecule has 1 amide bonds. The fourth-order valence-corrected chi connectivity index (χ4v) is 6.04. The number of carbonyl (C=O) groups excluding carboxylic acids is 1. The number of amides is 1. The van der Waals surface area contributed by atoms with Crippen LogP contribution in [0.15, 0.2) is 30.7 Å².